The zero-order valence-electron chi connectivity index (χ0n) is 16.0. The van der Waals surface area contributed by atoms with Gasteiger partial charge >= 0.3 is 0 Å². The van der Waals surface area contributed by atoms with E-state index >= 15 is 0 Å². The third kappa shape index (κ3) is 4.78. The van der Waals surface area contributed by atoms with Gasteiger partial charge in [-0.2, -0.15) is 0 Å². The molecule has 1 aliphatic rings. The van der Waals surface area contributed by atoms with Crippen molar-refractivity contribution in [2.45, 2.75) is 53.3 Å². The van der Waals surface area contributed by atoms with Crippen molar-refractivity contribution in [1.82, 2.24) is 0 Å². The predicted molar refractivity (Wildman–Crippen MR) is 84.9 cm³/mol. The molecule has 0 aliphatic heterocycles. The first-order chi connectivity index (χ1) is 11.0. The minimum atomic E-state index is -2.30. The molecule has 21 heavy (non-hydrogen) atoms. The fourth-order valence-electron chi connectivity index (χ4n) is 2.48. The molecule has 1 aliphatic carbocycles. The number of aliphatic hydroxyl groups is 1. The standard InChI is InChI=1S/C18H26O3/c1-13(6-5-7-14(2)20)8-9-16-15(3)17(21)10-11-18(16,4)12-19/h6,8-9,19H,5,7,10-12H2,1-4H3/b9-8+,13-6+/t18-/m1/s1/i1D3. The van der Waals surface area contributed by atoms with Crippen LogP contribution in [-0.4, -0.2) is 23.3 Å². The summed E-state index contributed by atoms with van der Waals surface area (Å²) in [5.74, 6) is 0.0287. The van der Waals surface area contributed by atoms with Gasteiger partial charge in [0.2, 0.25) is 0 Å². The highest BCUT2D eigenvalue weighted by Gasteiger charge is 2.34. The fraction of sp³-hybridized carbons (Fsp3) is 0.556. The predicted octanol–water partition coefficient (Wildman–Crippen LogP) is 3.54. The molecule has 0 heterocycles. The number of ketones is 2. The summed E-state index contributed by atoms with van der Waals surface area (Å²) in [5, 5.41) is 9.71. The van der Waals surface area contributed by atoms with Gasteiger partial charge in [-0.25, -0.2) is 0 Å². The molecule has 0 fully saturated rings. The van der Waals surface area contributed by atoms with Crippen molar-refractivity contribution in [2.24, 2.45) is 5.41 Å². The van der Waals surface area contributed by atoms with E-state index in [2.05, 4.69) is 0 Å². The molecule has 3 heteroatoms. The van der Waals surface area contributed by atoms with Crippen molar-refractivity contribution >= 4 is 11.6 Å². The minimum Gasteiger partial charge on any atom is -0.395 e. The van der Waals surface area contributed by atoms with Gasteiger partial charge in [0.1, 0.15) is 5.78 Å². The van der Waals surface area contributed by atoms with Gasteiger partial charge in [-0.1, -0.05) is 30.7 Å². The highest BCUT2D eigenvalue weighted by Crippen LogP contribution is 2.39. The average molecular weight is 293 g/mol. The van der Waals surface area contributed by atoms with E-state index in [-0.39, 0.29) is 23.7 Å². The maximum Gasteiger partial charge on any atom is 0.158 e. The molecular formula is C18H26O3. The number of rotatable bonds is 6. The summed E-state index contributed by atoms with van der Waals surface area (Å²) in [6, 6.07) is 0. The van der Waals surface area contributed by atoms with Crippen molar-refractivity contribution in [1.29, 1.82) is 0 Å². The second-order valence-electron chi connectivity index (χ2n) is 5.91. The summed E-state index contributed by atoms with van der Waals surface area (Å²) in [4.78, 5) is 23.0. The zero-order valence-corrected chi connectivity index (χ0v) is 13.0. The molecule has 0 aromatic carbocycles. The van der Waals surface area contributed by atoms with Crippen LogP contribution in [0, 0.1) is 5.41 Å². The second kappa shape index (κ2) is 7.51. The first-order valence-corrected chi connectivity index (χ1v) is 7.25. The van der Waals surface area contributed by atoms with Gasteiger partial charge in [0.25, 0.3) is 0 Å². The molecule has 0 spiro atoms. The lowest BCUT2D eigenvalue weighted by atomic mass is 9.71. The highest BCUT2D eigenvalue weighted by atomic mass is 16.3. The van der Waals surface area contributed by atoms with E-state index in [9.17, 15) is 14.7 Å². The lowest BCUT2D eigenvalue weighted by Gasteiger charge is -2.34. The van der Waals surface area contributed by atoms with Gasteiger partial charge < -0.3 is 9.90 Å². The lowest BCUT2D eigenvalue weighted by Crippen LogP contribution is -2.30. The van der Waals surface area contributed by atoms with Crippen LogP contribution in [0.1, 0.15) is 57.4 Å². The molecule has 0 bridgehead atoms. The molecule has 0 radical (unpaired) electrons. The number of hydrogen-bond donors (Lipinski definition) is 1. The van der Waals surface area contributed by atoms with E-state index < -0.39 is 12.3 Å². The topological polar surface area (TPSA) is 54.4 Å². The van der Waals surface area contributed by atoms with E-state index in [1.807, 2.05) is 6.92 Å². The third-order valence-corrected chi connectivity index (χ3v) is 4.02. The average Bonchev–Trinajstić information content (AvgIpc) is 2.48. The molecular weight excluding hydrogens is 264 g/mol. The van der Waals surface area contributed by atoms with Crippen molar-refractivity contribution in [2.75, 3.05) is 6.61 Å². The Bertz CT molecular complexity index is 597. The molecule has 3 nitrogen and oxygen atoms in total. The van der Waals surface area contributed by atoms with Crippen molar-refractivity contribution in [3.63, 3.8) is 0 Å². The third-order valence-electron chi connectivity index (χ3n) is 4.02. The monoisotopic (exact) mass is 293 g/mol. The molecule has 0 saturated carbocycles. The number of hydrogen-bond acceptors (Lipinski definition) is 3. The molecule has 0 aromatic rings. The molecule has 0 amide bonds. The molecule has 1 rings (SSSR count). The van der Waals surface area contributed by atoms with Crippen LogP contribution >= 0.6 is 0 Å². The van der Waals surface area contributed by atoms with E-state index in [1.165, 1.54) is 13.0 Å². The van der Waals surface area contributed by atoms with Gasteiger partial charge in [0.05, 0.1) is 6.61 Å². The largest absolute Gasteiger partial charge is 0.395 e. The summed E-state index contributed by atoms with van der Waals surface area (Å²) in [6.45, 7) is 2.65. The smallest absolute Gasteiger partial charge is 0.158 e. The highest BCUT2D eigenvalue weighted by molar-refractivity contribution is 5.97. The summed E-state index contributed by atoms with van der Waals surface area (Å²) >= 11 is 0. The Hall–Kier alpha value is -1.48. The quantitative estimate of drug-likeness (QED) is 0.762. The SMILES string of the molecule is [2H]C([2H])([2H])C(/C=C/C1=C(C)C(=O)CC[C@]1(C)CO)=C\CCC(C)=O. The van der Waals surface area contributed by atoms with E-state index in [0.29, 0.717) is 36.8 Å². The number of carbonyl (C=O) groups excluding carboxylic acids is 2. The van der Waals surface area contributed by atoms with Crippen LogP contribution in [-0.2, 0) is 9.59 Å². The normalized spacial score (nSPS) is 26.8. The fourth-order valence-corrected chi connectivity index (χ4v) is 2.48. The molecule has 116 valence electrons. The maximum atomic E-state index is 12.0. The molecule has 1 atom stereocenters. The Morgan fingerprint density at radius 1 is 1.52 bits per heavy atom. The molecule has 0 aromatic heterocycles. The Labute approximate surface area is 131 Å². The van der Waals surface area contributed by atoms with Crippen LogP contribution in [0.25, 0.3) is 0 Å². The van der Waals surface area contributed by atoms with Crippen molar-refractivity contribution in [3.8, 4) is 0 Å². The van der Waals surface area contributed by atoms with E-state index in [1.54, 1.807) is 19.1 Å². The van der Waals surface area contributed by atoms with Gasteiger partial charge in [-0.05, 0) is 44.7 Å². The second-order valence-corrected chi connectivity index (χ2v) is 5.91. The Morgan fingerprint density at radius 2 is 2.24 bits per heavy atom. The number of aliphatic hydroxyl groups excluding tert-OH is 1. The van der Waals surface area contributed by atoms with E-state index in [4.69, 9.17) is 4.11 Å². The van der Waals surface area contributed by atoms with Crippen LogP contribution in [0.5, 0.6) is 0 Å². The summed E-state index contributed by atoms with van der Waals surface area (Å²) in [6.07, 6.45) is 6.25. The van der Waals surface area contributed by atoms with Gasteiger partial charge in [0.15, 0.2) is 5.78 Å². The first kappa shape index (κ1) is 13.2. The van der Waals surface area contributed by atoms with Gasteiger partial charge in [0, 0.05) is 22.4 Å². The molecule has 0 unspecified atom stereocenters. The van der Waals surface area contributed by atoms with E-state index in [0.717, 1.165) is 0 Å². The van der Waals surface area contributed by atoms with Gasteiger partial charge in [-0.15, -0.1) is 0 Å². The maximum absolute atomic E-state index is 12.0. The van der Waals surface area contributed by atoms with Crippen LogP contribution in [0.2, 0.25) is 0 Å². The zero-order chi connectivity index (χ0) is 18.5. The number of Topliss-reactive ketones (excluding diaryl/α,β-unsaturated/α-hetero) is 2. The minimum absolute atomic E-state index is 0.00408. The van der Waals surface area contributed by atoms with Crippen LogP contribution in [0.4, 0.5) is 0 Å². The number of allylic oxidation sites excluding steroid dienone is 5. The van der Waals surface area contributed by atoms with Gasteiger partial charge in [-0.3, -0.25) is 4.79 Å². The summed E-state index contributed by atoms with van der Waals surface area (Å²) < 4.78 is 22.9. The lowest BCUT2D eigenvalue weighted by molar-refractivity contribution is -0.117. The van der Waals surface area contributed by atoms with Crippen LogP contribution in [0.15, 0.2) is 34.9 Å². The Kier molecular flexibility index (Phi) is 4.72. The Morgan fingerprint density at radius 3 is 2.81 bits per heavy atom. The number of carbonyl (C=O) groups is 2. The van der Waals surface area contributed by atoms with Crippen molar-refractivity contribution in [3.05, 3.63) is 34.9 Å². The summed E-state index contributed by atoms with van der Waals surface area (Å²) in [7, 11) is 0. The first-order valence-electron chi connectivity index (χ1n) is 8.75. The molecule has 1 N–H and O–H groups in total. The van der Waals surface area contributed by atoms with Crippen LogP contribution < -0.4 is 0 Å². The van der Waals surface area contributed by atoms with Crippen molar-refractivity contribution < 1.29 is 18.8 Å². The summed E-state index contributed by atoms with van der Waals surface area (Å²) in [5.41, 5.74) is 0.848. The Balaban J connectivity index is 3.17. The molecule has 0 saturated heterocycles. The van der Waals surface area contributed by atoms with Crippen LogP contribution in [0.3, 0.4) is 0 Å².